The van der Waals surface area contributed by atoms with Gasteiger partial charge in [-0.1, -0.05) is 47.8 Å². The molecule has 1 aromatic heterocycles. The van der Waals surface area contributed by atoms with Crippen molar-refractivity contribution in [2.24, 2.45) is 0 Å². The molecular formula is C15H15Cl3N2. The largest absolute Gasteiger partial charge is 0.377 e. The molecule has 1 unspecified atom stereocenters. The van der Waals surface area contributed by atoms with E-state index in [9.17, 15) is 0 Å². The molecule has 1 N–H and O–H groups in total. The van der Waals surface area contributed by atoms with E-state index >= 15 is 0 Å². The first-order valence-corrected chi connectivity index (χ1v) is 7.48. The van der Waals surface area contributed by atoms with Gasteiger partial charge in [0.15, 0.2) is 0 Å². The van der Waals surface area contributed by atoms with Gasteiger partial charge in [-0.3, -0.25) is 0 Å². The number of halogens is 3. The normalized spacial score (nSPS) is 12.2. The van der Waals surface area contributed by atoms with Crippen LogP contribution in [0.4, 0.5) is 5.69 Å². The molecule has 0 fully saturated rings. The number of aryl methyl sites for hydroxylation is 1. The Morgan fingerprint density at radius 2 is 1.95 bits per heavy atom. The van der Waals surface area contributed by atoms with E-state index in [0.717, 1.165) is 23.2 Å². The topological polar surface area (TPSA) is 24.9 Å². The van der Waals surface area contributed by atoms with E-state index in [1.807, 2.05) is 25.1 Å². The van der Waals surface area contributed by atoms with Crippen LogP contribution in [-0.4, -0.2) is 4.98 Å². The second-order valence-electron chi connectivity index (χ2n) is 4.60. The molecule has 0 aliphatic carbocycles. The maximum atomic E-state index is 6.26. The van der Waals surface area contributed by atoms with Crippen molar-refractivity contribution in [3.05, 3.63) is 56.8 Å². The van der Waals surface area contributed by atoms with Crippen molar-refractivity contribution in [2.45, 2.75) is 26.3 Å². The second-order valence-corrected chi connectivity index (χ2v) is 5.80. The molecule has 2 rings (SSSR count). The fourth-order valence-corrected chi connectivity index (χ4v) is 2.67. The molecule has 1 heterocycles. The van der Waals surface area contributed by atoms with Crippen LogP contribution in [0.3, 0.4) is 0 Å². The van der Waals surface area contributed by atoms with Crippen LogP contribution < -0.4 is 5.32 Å². The van der Waals surface area contributed by atoms with Crippen molar-refractivity contribution in [3.8, 4) is 0 Å². The number of nitrogens with one attached hydrogen (secondary N) is 1. The van der Waals surface area contributed by atoms with E-state index in [1.165, 1.54) is 0 Å². The van der Waals surface area contributed by atoms with Gasteiger partial charge in [0.2, 0.25) is 0 Å². The predicted octanol–water partition coefficient (Wildman–Crippen LogP) is 5.91. The monoisotopic (exact) mass is 328 g/mol. The number of benzene rings is 1. The Balaban J connectivity index is 2.26. The Labute approximate surface area is 134 Å². The van der Waals surface area contributed by atoms with Gasteiger partial charge in [0.25, 0.3) is 0 Å². The first kappa shape index (κ1) is 15.4. The molecule has 1 atom stereocenters. The van der Waals surface area contributed by atoms with Crippen LogP contribution in [0.1, 0.15) is 30.5 Å². The predicted molar refractivity (Wildman–Crippen MR) is 87.1 cm³/mol. The van der Waals surface area contributed by atoms with Crippen LogP contribution in [0.2, 0.25) is 15.2 Å². The lowest BCUT2D eigenvalue weighted by atomic mass is 10.0. The standard InChI is InChI=1S/C15H15Cl3N2/c1-3-14(12-5-4-10(16)7-13(12)17)20-11-6-9(2)15(18)19-8-11/h4-8,14,20H,3H2,1-2H3. The smallest absolute Gasteiger partial charge is 0.132 e. The Bertz CT molecular complexity index is 614. The quantitative estimate of drug-likeness (QED) is 0.705. The first-order valence-electron chi connectivity index (χ1n) is 6.35. The van der Waals surface area contributed by atoms with Crippen LogP contribution in [0.15, 0.2) is 30.5 Å². The van der Waals surface area contributed by atoms with Gasteiger partial charge in [0.05, 0.1) is 17.9 Å². The lowest BCUT2D eigenvalue weighted by Gasteiger charge is -2.20. The fraction of sp³-hybridized carbons (Fsp3) is 0.267. The molecule has 1 aromatic carbocycles. The van der Waals surface area contributed by atoms with E-state index in [0.29, 0.717) is 15.2 Å². The molecule has 0 saturated carbocycles. The molecule has 0 radical (unpaired) electrons. The highest BCUT2D eigenvalue weighted by atomic mass is 35.5. The van der Waals surface area contributed by atoms with Crippen LogP contribution in [-0.2, 0) is 0 Å². The molecule has 106 valence electrons. The van der Waals surface area contributed by atoms with Crippen molar-refractivity contribution in [1.82, 2.24) is 4.98 Å². The van der Waals surface area contributed by atoms with Crippen molar-refractivity contribution in [1.29, 1.82) is 0 Å². The summed E-state index contributed by atoms with van der Waals surface area (Å²) >= 11 is 18.1. The van der Waals surface area contributed by atoms with Crippen molar-refractivity contribution in [3.63, 3.8) is 0 Å². The first-order chi connectivity index (χ1) is 9.51. The summed E-state index contributed by atoms with van der Waals surface area (Å²) in [6, 6.07) is 7.62. The summed E-state index contributed by atoms with van der Waals surface area (Å²) in [5.41, 5.74) is 2.88. The van der Waals surface area contributed by atoms with Gasteiger partial charge in [-0.15, -0.1) is 0 Å². The molecule has 2 nitrogen and oxygen atoms in total. The number of aromatic nitrogens is 1. The SMILES string of the molecule is CCC(Nc1cnc(Cl)c(C)c1)c1ccc(Cl)cc1Cl. The van der Waals surface area contributed by atoms with E-state index in [1.54, 1.807) is 12.3 Å². The Hall–Kier alpha value is -0.960. The van der Waals surface area contributed by atoms with Gasteiger partial charge >= 0.3 is 0 Å². The van der Waals surface area contributed by atoms with Crippen LogP contribution in [0.5, 0.6) is 0 Å². The van der Waals surface area contributed by atoms with Crippen LogP contribution in [0.25, 0.3) is 0 Å². The van der Waals surface area contributed by atoms with Gasteiger partial charge in [-0.2, -0.15) is 0 Å². The number of hydrogen-bond acceptors (Lipinski definition) is 2. The molecule has 20 heavy (non-hydrogen) atoms. The molecule has 0 amide bonds. The van der Waals surface area contributed by atoms with Crippen molar-refractivity contribution < 1.29 is 0 Å². The van der Waals surface area contributed by atoms with Crippen LogP contribution >= 0.6 is 34.8 Å². The summed E-state index contributed by atoms with van der Waals surface area (Å²) in [6.07, 6.45) is 2.62. The van der Waals surface area contributed by atoms with Gasteiger partial charge in [-0.05, 0) is 42.7 Å². The minimum absolute atomic E-state index is 0.0992. The van der Waals surface area contributed by atoms with Gasteiger partial charge in [0, 0.05) is 10.0 Å². The highest BCUT2D eigenvalue weighted by Gasteiger charge is 2.13. The molecule has 0 spiro atoms. The lowest BCUT2D eigenvalue weighted by molar-refractivity contribution is 0.749. The van der Waals surface area contributed by atoms with E-state index in [-0.39, 0.29) is 6.04 Å². The molecule has 2 aromatic rings. The van der Waals surface area contributed by atoms with Crippen molar-refractivity contribution >= 4 is 40.5 Å². The molecule has 0 saturated heterocycles. The fourth-order valence-electron chi connectivity index (χ4n) is 2.02. The highest BCUT2D eigenvalue weighted by Crippen LogP contribution is 2.31. The summed E-state index contributed by atoms with van der Waals surface area (Å²) in [6.45, 7) is 4.02. The van der Waals surface area contributed by atoms with Gasteiger partial charge in [-0.25, -0.2) is 4.98 Å². The summed E-state index contributed by atoms with van der Waals surface area (Å²) in [5.74, 6) is 0. The van der Waals surface area contributed by atoms with E-state index < -0.39 is 0 Å². The summed E-state index contributed by atoms with van der Waals surface area (Å²) in [4.78, 5) is 4.15. The summed E-state index contributed by atoms with van der Waals surface area (Å²) < 4.78 is 0. The number of rotatable bonds is 4. The minimum atomic E-state index is 0.0992. The minimum Gasteiger partial charge on any atom is -0.377 e. The summed E-state index contributed by atoms with van der Waals surface area (Å²) in [7, 11) is 0. The second kappa shape index (κ2) is 6.66. The highest BCUT2D eigenvalue weighted by molar-refractivity contribution is 6.35. The third kappa shape index (κ3) is 3.57. The van der Waals surface area contributed by atoms with E-state index in [2.05, 4.69) is 17.2 Å². The molecule has 0 bridgehead atoms. The van der Waals surface area contributed by atoms with Gasteiger partial charge in [0.1, 0.15) is 5.15 Å². The Morgan fingerprint density at radius 3 is 2.55 bits per heavy atom. The zero-order chi connectivity index (χ0) is 14.7. The molecule has 0 aliphatic rings. The lowest BCUT2D eigenvalue weighted by Crippen LogP contribution is -2.10. The third-order valence-electron chi connectivity index (χ3n) is 3.10. The van der Waals surface area contributed by atoms with E-state index in [4.69, 9.17) is 34.8 Å². The molecule has 0 aliphatic heterocycles. The van der Waals surface area contributed by atoms with Crippen LogP contribution in [0, 0.1) is 6.92 Å². The number of hydrogen-bond donors (Lipinski definition) is 1. The summed E-state index contributed by atoms with van der Waals surface area (Å²) in [5, 5.41) is 5.25. The average Bonchev–Trinajstić information content (AvgIpc) is 2.41. The Kier molecular flexibility index (Phi) is 5.14. The number of nitrogens with zero attached hydrogens (tertiary/aromatic N) is 1. The molecule has 5 heteroatoms. The number of pyridine rings is 1. The number of anilines is 1. The zero-order valence-electron chi connectivity index (χ0n) is 11.3. The van der Waals surface area contributed by atoms with Gasteiger partial charge < -0.3 is 5.32 Å². The average molecular weight is 330 g/mol. The molecular weight excluding hydrogens is 315 g/mol. The Morgan fingerprint density at radius 1 is 1.20 bits per heavy atom. The van der Waals surface area contributed by atoms with Crippen molar-refractivity contribution in [2.75, 3.05) is 5.32 Å². The maximum Gasteiger partial charge on any atom is 0.132 e. The maximum absolute atomic E-state index is 6.26. The zero-order valence-corrected chi connectivity index (χ0v) is 13.5. The third-order valence-corrected chi connectivity index (χ3v) is 4.06.